The van der Waals surface area contributed by atoms with E-state index in [1.807, 2.05) is 0 Å². The number of aliphatic hydroxyl groups is 1. The Morgan fingerprint density at radius 1 is 1.21 bits per heavy atom. The van der Waals surface area contributed by atoms with Crippen LogP contribution in [0.25, 0.3) is 10.9 Å². The van der Waals surface area contributed by atoms with Gasteiger partial charge >= 0.3 is 5.97 Å². The van der Waals surface area contributed by atoms with Crippen LogP contribution in [-0.4, -0.2) is 40.1 Å². The van der Waals surface area contributed by atoms with Crippen LogP contribution >= 0.6 is 0 Å². The summed E-state index contributed by atoms with van der Waals surface area (Å²) in [5.41, 5.74) is 1.45. The van der Waals surface area contributed by atoms with E-state index in [0.29, 0.717) is 22.0 Å². The highest BCUT2D eigenvalue weighted by Gasteiger charge is 2.17. The summed E-state index contributed by atoms with van der Waals surface area (Å²) in [6, 6.07) is 12.6. The Kier molecular flexibility index (Phi) is 5.89. The minimum atomic E-state index is -1.01. The number of carbonyl (C=O) groups excluding carboxylic acids is 2. The van der Waals surface area contributed by atoms with Crippen molar-refractivity contribution >= 4 is 28.5 Å². The summed E-state index contributed by atoms with van der Waals surface area (Å²) in [7, 11) is 1.29. The third-order valence-corrected chi connectivity index (χ3v) is 4.49. The highest BCUT2D eigenvalue weighted by Crippen LogP contribution is 2.22. The number of esters is 1. The van der Waals surface area contributed by atoms with Crippen molar-refractivity contribution in [2.45, 2.75) is 12.6 Å². The number of non-ortho nitro benzene ring substituents is 1. The van der Waals surface area contributed by atoms with Crippen LogP contribution in [-0.2, 0) is 16.1 Å². The van der Waals surface area contributed by atoms with Crippen molar-refractivity contribution in [2.75, 3.05) is 13.7 Å². The van der Waals surface area contributed by atoms with Gasteiger partial charge in [0.05, 0.1) is 23.7 Å². The number of rotatable bonds is 7. The highest BCUT2D eigenvalue weighted by molar-refractivity contribution is 6.04. The molecule has 2 aromatic carbocycles. The third-order valence-electron chi connectivity index (χ3n) is 4.49. The van der Waals surface area contributed by atoms with E-state index in [0.717, 1.165) is 0 Å². The summed E-state index contributed by atoms with van der Waals surface area (Å²) in [4.78, 5) is 34.4. The lowest BCUT2D eigenvalue weighted by Gasteiger charge is -2.13. The van der Waals surface area contributed by atoms with Crippen molar-refractivity contribution in [2.24, 2.45) is 0 Å². The molecule has 29 heavy (non-hydrogen) atoms. The number of para-hydroxylation sites is 1. The van der Waals surface area contributed by atoms with E-state index in [2.05, 4.69) is 5.32 Å². The zero-order chi connectivity index (χ0) is 21.0. The quantitative estimate of drug-likeness (QED) is 0.358. The number of nitro benzene ring substituents is 1. The number of nitro groups is 1. The Balaban J connectivity index is 1.66. The molecule has 9 nitrogen and oxygen atoms in total. The summed E-state index contributed by atoms with van der Waals surface area (Å²) in [6.45, 7) is -0.107. The van der Waals surface area contributed by atoms with Crippen molar-refractivity contribution in [3.63, 3.8) is 0 Å². The molecule has 1 atom stereocenters. The van der Waals surface area contributed by atoms with Crippen LogP contribution in [0.2, 0.25) is 0 Å². The van der Waals surface area contributed by atoms with Crippen LogP contribution in [0.15, 0.2) is 54.7 Å². The fourth-order valence-corrected chi connectivity index (χ4v) is 3.01. The lowest BCUT2D eigenvalue weighted by Crippen LogP contribution is -2.31. The Hall–Kier alpha value is -3.72. The molecule has 0 radical (unpaired) electrons. The topological polar surface area (TPSA) is 124 Å². The summed E-state index contributed by atoms with van der Waals surface area (Å²) in [5.74, 6) is -0.850. The molecular formula is C20H19N3O6. The summed E-state index contributed by atoms with van der Waals surface area (Å²) in [5, 5.41) is 24.2. The molecule has 0 spiro atoms. The summed E-state index contributed by atoms with van der Waals surface area (Å²) >= 11 is 0. The maximum atomic E-state index is 12.3. The maximum Gasteiger partial charge on any atom is 0.340 e. The largest absolute Gasteiger partial charge is 0.465 e. The summed E-state index contributed by atoms with van der Waals surface area (Å²) < 4.78 is 6.42. The first-order valence-electron chi connectivity index (χ1n) is 8.76. The van der Waals surface area contributed by atoms with Gasteiger partial charge in [0.15, 0.2) is 0 Å². The predicted octanol–water partition coefficient (Wildman–Crippen LogP) is 2.19. The molecule has 0 saturated carbocycles. The molecule has 1 aromatic heterocycles. The van der Waals surface area contributed by atoms with Gasteiger partial charge in [0.2, 0.25) is 5.91 Å². The van der Waals surface area contributed by atoms with Gasteiger partial charge in [-0.3, -0.25) is 14.9 Å². The van der Waals surface area contributed by atoms with Crippen molar-refractivity contribution in [3.05, 3.63) is 76.0 Å². The molecule has 0 aliphatic rings. The second kappa shape index (κ2) is 8.53. The van der Waals surface area contributed by atoms with E-state index in [-0.39, 0.29) is 24.7 Å². The van der Waals surface area contributed by atoms with Crippen molar-refractivity contribution in [1.82, 2.24) is 9.88 Å². The van der Waals surface area contributed by atoms with Crippen LogP contribution in [0.3, 0.4) is 0 Å². The normalized spacial score (nSPS) is 11.8. The van der Waals surface area contributed by atoms with Crippen molar-refractivity contribution in [3.8, 4) is 0 Å². The number of amides is 1. The maximum absolute atomic E-state index is 12.3. The van der Waals surface area contributed by atoms with Crippen molar-refractivity contribution < 1.29 is 24.4 Å². The van der Waals surface area contributed by atoms with E-state index in [4.69, 9.17) is 4.74 Å². The number of hydrogen-bond donors (Lipinski definition) is 2. The molecule has 1 unspecified atom stereocenters. The minimum Gasteiger partial charge on any atom is -0.465 e. The van der Waals surface area contributed by atoms with Gasteiger partial charge in [-0.15, -0.1) is 0 Å². The van der Waals surface area contributed by atoms with Gasteiger partial charge < -0.3 is 19.7 Å². The minimum absolute atomic E-state index is 0.0511. The molecule has 0 aliphatic carbocycles. The average Bonchev–Trinajstić information content (AvgIpc) is 3.10. The van der Waals surface area contributed by atoms with Crippen LogP contribution < -0.4 is 5.32 Å². The Morgan fingerprint density at radius 3 is 2.55 bits per heavy atom. The van der Waals surface area contributed by atoms with Crippen LogP contribution in [0.1, 0.15) is 22.0 Å². The van der Waals surface area contributed by atoms with Gasteiger partial charge in [-0.25, -0.2) is 4.79 Å². The molecule has 1 heterocycles. The Bertz CT molecular complexity index is 1060. The number of nitrogens with one attached hydrogen (secondary N) is 1. The number of nitrogens with zero attached hydrogens (tertiary/aromatic N) is 2. The number of benzene rings is 2. The molecule has 150 valence electrons. The molecule has 0 aliphatic heterocycles. The smallest absolute Gasteiger partial charge is 0.340 e. The second-order valence-corrected chi connectivity index (χ2v) is 6.35. The van der Waals surface area contributed by atoms with Crippen LogP contribution in [0, 0.1) is 10.1 Å². The standard InChI is InChI=1S/C20H19N3O6/c1-29-20(26)16-11-22(17-5-3-2-4-15(16)17)12-19(25)21-10-18(24)13-6-8-14(9-7-13)23(27)28/h2-9,11,18,24H,10,12H2,1H3,(H,21,25). The van der Waals surface area contributed by atoms with E-state index in [9.17, 15) is 24.8 Å². The van der Waals surface area contributed by atoms with Crippen LogP contribution in [0.5, 0.6) is 0 Å². The first-order valence-corrected chi connectivity index (χ1v) is 8.76. The number of methoxy groups -OCH3 is 1. The number of fused-ring (bicyclic) bond motifs is 1. The van der Waals surface area contributed by atoms with Gasteiger partial charge in [-0.1, -0.05) is 18.2 Å². The zero-order valence-electron chi connectivity index (χ0n) is 15.6. The molecule has 2 N–H and O–H groups in total. The number of ether oxygens (including phenoxy) is 1. The molecule has 3 rings (SSSR count). The van der Waals surface area contributed by atoms with Crippen molar-refractivity contribution in [1.29, 1.82) is 0 Å². The molecule has 0 saturated heterocycles. The van der Waals surface area contributed by atoms with Gasteiger partial charge in [-0.05, 0) is 23.8 Å². The first kappa shape index (κ1) is 20.0. The number of carbonyl (C=O) groups is 2. The fourth-order valence-electron chi connectivity index (χ4n) is 3.01. The van der Waals surface area contributed by atoms with Gasteiger partial charge in [0, 0.05) is 35.8 Å². The molecule has 0 bridgehead atoms. The molecule has 3 aromatic rings. The van der Waals surface area contributed by atoms with Gasteiger partial charge in [0.1, 0.15) is 6.54 Å². The third kappa shape index (κ3) is 4.41. The predicted molar refractivity (Wildman–Crippen MR) is 104 cm³/mol. The van der Waals surface area contributed by atoms with Crippen LogP contribution in [0.4, 0.5) is 5.69 Å². The monoisotopic (exact) mass is 397 g/mol. The van der Waals surface area contributed by atoms with E-state index < -0.39 is 17.0 Å². The number of aliphatic hydroxyl groups excluding tert-OH is 1. The molecular weight excluding hydrogens is 378 g/mol. The lowest BCUT2D eigenvalue weighted by molar-refractivity contribution is -0.384. The lowest BCUT2D eigenvalue weighted by atomic mass is 10.1. The Labute approximate surface area is 165 Å². The number of aromatic nitrogens is 1. The molecule has 0 fully saturated rings. The average molecular weight is 397 g/mol. The number of hydrogen-bond acceptors (Lipinski definition) is 6. The summed E-state index contributed by atoms with van der Waals surface area (Å²) in [6.07, 6.45) is 0.551. The molecule has 1 amide bonds. The second-order valence-electron chi connectivity index (χ2n) is 6.35. The zero-order valence-corrected chi connectivity index (χ0v) is 15.6. The fraction of sp³-hybridized carbons (Fsp3) is 0.200. The van der Waals surface area contributed by atoms with Gasteiger partial charge in [-0.2, -0.15) is 0 Å². The SMILES string of the molecule is COC(=O)c1cn(CC(=O)NCC(O)c2ccc([N+](=O)[O-])cc2)c2ccccc12. The van der Waals surface area contributed by atoms with E-state index in [1.54, 1.807) is 35.0 Å². The Morgan fingerprint density at radius 2 is 1.90 bits per heavy atom. The highest BCUT2D eigenvalue weighted by atomic mass is 16.6. The van der Waals surface area contributed by atoms with Gasteiger partial charge in [0.25, 0.3) is 5.69 Å². The van der Waals surface area contributed by atoms with E-state index in [1.165, 1.54) is 31.4 Å². The molecule has 9 heteroatoms. The van der Waals surface area contributed by atoms with E-state index >= 15 is 0 Å². The first-order chi connectivity index (χ1) is 13.9.